The largest absolute Gasteiger partial charge is 0.497 e. The van der Waals surface area contributed by atoms with Crippen molar-refractivity contribution in [2.45, 2.75) is 6.54 Å². The van der Waals surface area contributed by atoms with Gasteiger partial charge < -0.3 is 14.6 Å². The maximum atomic E-state index is 12.1. The highest BCUT2D eigenvalue weighted by atomic mass is 16.5. The highest BCUT2D eigenvalue weighted by molar-refractivity contribution is 5.94. The van der Waals surface area contributed by atoms with Crippen molar-refractivity contribution in [2.24, 2.45) is 5.11 Å². The number of nitrogens with zero attached hydrogens (tertiary/aromatic N) is 5. The fourth-order valence-electron chi connectivity index (χ4n) is 2.52. The van der Waals surface area contributed by atoms with E-state index in [0.29, 0.717) is 18.7 Å². The average Bonchev–Trinajstić information content (AvgIpc) is 3.04. The van der Waals surface area contributed by atoms with Crippen LogP contribution in [0.2, 0.25) is 0 Å². The summed E-state index contributed by atoms with van der Waals surface area (Å²) in [6.07, 6.45) is 3.36. The standard InChI is InChI=1S/C17H16N6O2/c1-25-14-3-4-15-12(10-14)6-8-23(15)9-7-19-17(24)13-2-5-16(20-11-13)21-22-18/h2-6,8,10-11H,7,9H2,1H3,(H,19,24). The van der Waals surface area contributed by atoms with E-state index in [-0.39, 0.29) is 11.7 Å². The molecule has 0 saturated carbocycles. The van der Waals surface area contributed by atoms with Crippen LogP contribution in [0.4, 0.5) is 5.82 Å². The lowest BCUT2D eigenvalue weighted by Gasteiger charge is -2.08. The molecule has 1 amide bonds. The molecule has 0 unspecified atom stereocenters. The number of benzene rings is 1. The van der Waals surface area contributed by atoms with E-state index in [1.54, 1.807) is 13.2 Å². The lowest BCUT2D eigenvalue weighted by molar-refractivity contribution is 0.0952. The smallest absolute Gasteiger partial charge is 0.252 e. The van der Waals surface area contributed by atoms with Crippen LogP contribution in [0.5, 0.6) is 5.75 Å². The van der Waals surface area contributed by atoms with Crippen molar-refractivity contribution in [1.82, 2.24) is 14.9 Å². The first-order chi connectivity index (χ1) is 12.2. The second kappa shape index (κ2) is 7.37. The minimum atomic E-state index is -0.224. The molecule has 1 aromatic carbocycles. The van der Waals surface area contributed by atoms with Gasteiger partial charge in [-0.05, 0) is 47.0 Å². The van der Waals surface area contributed by atoms with E-state index in [2.05, 4.69) is 24.9 Å². The molecule has 2 heterocycles. The van der Waals surface area contributed by atoms with Gasteiger partial charge >= 0.3 is 0 Å². The summed E-state index contributed by atoms with van der Waals surface area (Å²) in [5, 5.41) is 7.30. The first kappa shape index (κ1) is 16.4. The Hall–Kier alpha value is -3.51. The molecule has 3 aromatic rings. The summed E-state index contributed by atoms with van der Waals surface area (Å²) in [6, 6.07) is 11.0. The topological polar surface area (TPSA) is 105 Å². The molecule has 0 aliphatic heterocycles. The molecule has 0 bridgehead atoms. The molecule has 2 aromatic heterocycles. The number of carbonyl (C=O) groups excluding carboxylic acids is 1. The normalized spacial score (nSPS) is 10.3. The van der Waals surface area contributed by atoms with Crippen molar-refractivity contribution in [3.63, 3.8) is 0 Å². The van der Waals surface area contributed by atoms with Gasteiger partial charge in [0.05, 0.1) is 12.7 Å². The number of fused-ring (bicyclic) bond motifs is 1. The minimum Gasteiger partial charge on any atom is -0.497 e. The van der Waals surface area contributed by atoms with Crippen LogP contribution >= 0.6 is 0 Å². The van der Waals surface area contributed by atoms with Crippen molar-refractivity contribution in [2.75, 3.05) is 13.7 Å². The maximum absolute atomic E-state index is 12.1. The Kier molecular flexibility index (Phi) is 4.82. The van der Waals surface area contributed by atoms with Crippen LogP contribution < -0.4 is 10.1 Å². The van der Waals surface area contributed by atoms with Crippen molar-refractivity contribution in [1.29, 1.82) is 0 Å². The van der Waals surface area contributed by atoms with Gasteiger partial charge in [-0.15, -0.1) is 0 Å². The third-order valence-corrected chi connectivity index (χ3v) is 3.77. The fraction of sp³-hybridized carbons (Fsp3) is 0.176. The summed E-state index contributed by atoms with van der Waals surface area (Å²) in [5.41, 5.74) is 9.83. The predicted molar refractivity (Wildman–Crippen MR) is 93.9 cm³/mol. The van der Waals surface area contributed by atoms with E-state index < -0.39 is 0 Å². The Morgan fingerprint density at radius 3 is 2.96 bits per heavy atom. The monoisotopic (exact) mass is 336 g/mol. The van der Waals surface area contributed by atoms with Gasteiger partial charge in [-0.1, -0.05) is 0 Å². The Morgan fingerprint density at radius 2 is 2.24 bits per heavy atom. The summed E-state index contributed by atoms with van der Waals surface area (Å²) in [4.78, 5) is 18.7. The summed E-state index contributed by atoms with van der Waals surface area (Å²) in [7, 11) is 1.64. The van der Waals surface area contributed by atoms with Gasteiger partial charge in [0.15, 0.2) is 0 Å². The fourth-order valence-corrected chi connectivity index (χ4v) is 2.52. The number of methoxy groups -OCH3 is 1. The lowest BCUT2D eigenvalue weighted by Crippen LogP contribution is -2.27. The molecule has 0 aliphatic carbocycles. The van der Waals surface area contributed by atoms with Crippen LogP contribution in [0.15, 0.2) is 53.9 Å². The van der Waals surface area contributed by atoms with Crippen LogP contribution in [0.25, 0.3) is 21.3 Å². The quantitative estimate of drug-likeness (QED) is 0.423. The second-order valence-electron chi connectivity index (χ2n) is 5.28. The molecule has 0 fully saturated rings. The second-order valence-corrected chi connectivity index (χ2v) is 5.28. The van der Waals surface area contributed by atoms with Gasteiger partial charge in [-0.3, -0.25) is 9.78 Å². The molecular weight excluding hydrogens is 320 g/mol. The zero-order valence-electron chi connectivity index (χ0n) is 13.6. The van der Waals surface area contributed by atoms with Crippen LogP contribution in [-0.4, -0.2) is 29.1 Å². The van der Waals surface area contributed by atoms with Gasteiger partial charge in [0.2, 0.25) is 0 Å². The van der Waals surface area contributed by atoms with E-state index in [4.69, 9.17) is 10.3 Å². The molecule has 3 rings (SSSR count). The van der Waals surface area contributed by atoms with Crippen LogP contribution in [-0.2, 0) is 6.54 Å². The van der Waals surface area contributed by atoms with Crippen LogP contribution in [0, 0.1) is 0 Å². The summed E-state index contributed by atoms with van der Waals surface area (Å²) in [5.74, 6) is 0.821. The van der Waals surface area contributed by atoms with Crippen molar-refractivity contribution >= 4 is 22.6 Å². The summed E-state index contributed by atoms with van der Waals surface area (Å²) < 4.78 is 7.29. The Labute approximate surface area is 143 Å². The number of amides is 1. The lowest BCUT2D eigenvalue weighted by atomic mass is 10.2. The third-order valence-electron chi connectivity index (χ3n) is 3.77. The Bertz CT molecular complexity index is 941. The molecule has 126 valence electrons. The van der Waals surface area contributed by atoms with Crippen molar-refractivity contribution in [3.05, 3.63) is 64.8 Å². The molecular formula is C17H16N6O2. The van der Waals surface area contributed by atoms with Gasteiger partial charge in [-0.2, -0.15) is 0 Å². The molecule has 25 heavy (non-hydrogen) atoms. The van der Waals surface area contributed by atoms with E-state index in [1.165, 1.54) is 12.3 Å². The highest BCUT2D eigenvalue weighted by Crippen LogP contribution is 2.21. The number of ether oxygens (including phenoxy) is 1. The van der Waals surface area contributed by atoms with E-state index in [1.807, 2.05) is 30.5 Å². The van der Waals surface area contributed by atoms with Gasteiger partial charge in [0.25, 0.3) is 5.91 Å². The van der Waals surface area contributed by atoms with Gasteiger partial charge in [-0.25, -0.2) is 0 Å². The average molecular weight is 336 g/mol. The first-order valence-electron chi connectivity index (χ1n) is 7.63. The number of azide groups is 1. The van der Waals surface area contributed by atoms with Crippen molar-refractivity contribution < 1.29 is 9.53 Å². The number of pyridine rings is 1. The minimum absolute atomic E-state index is 0.224. The number of nitrogens with one attached hydrogen (secondary N) is 1. The van der Waals surface area contributed by atoms with E-state index in [9.17, 15) is 4.79 Å². The summed E-state index contributed by atoms with van der Waals surface area (Å²) >= 11 is 0. The Morgan fingerprint density at radius 1 is 1.36 bits per heavy atom. The molecule has 0 aliphatic rings. The van der Waals surface area contributed by atoms with Gasteiger partial charge in [0, 0.05) is 41.3 Å². The first-order valence-corrected chi connectivity index (χ1v) is 7.63. The van der Waals surface area contributed by atoms with Crippen molar-refractivity contribution in [3.8, 4) is 5.75 Å². The molecule has 0 saturated heterocycles. The number of hydrogen-bond donors (Lipinski definition) is 1. The molecule has 0 radical (unpaired) electrons. The molecule has 1 N–H and O–H groups in total. The molecule has 8 heteroatoms. The highest BCUT2D eigenvalue weighted by Gasteiger charge is 2.06. The molecule has 0 spiro atoms. The predicted octanol–water partition coefficient (Wildman–Crippen LogP) is 3.42. The number of carbonyl (C=O) groups is 1. The number of rotatable bonds is 6. The maximum Gasteiger partial charge on any atom is 0.252 e. The van der Waals surface area contributed by atoms with Gasteiger partial charge in [0.1, 0.15) is 11.6 Å². The summed E-state index contributed by atoms with van der Waals surface area (Å²) in [6.45, 7) is 1.12. The van der Waals surface area contributed by atoms with Crippen LogP contribution in [0.3, 0.4) is 0 Å². The molecule has 8 nitrogen and oxygen atoms in total. The van der Waals surface area contributed by atoms with E-state index >= 15 is 0 Å². The Balaban J connectivity index is 1.60. The SMILES string of the molecule is COc1ccc2c(ccn2CCNC(=O)c2ccc(N=[N+]=[N-])nc2)c1. The number of aromatic nitrogens is 2. The van der Waals surface area contributed by atoms with E-state index in [0.717, 1.165) is 16.7 Å². The molecule has 0 atom stereocenters. The number of hydrogen-bond acceptors (Lipinski definition) is 4. The zero-order valence-corrected chi connectivity index (χ0v) is 13.6. The zero-order chi connectivity index (χ0) is 17.6. The van der Waals surface area contributed by atoms with Crippen LogP contribution in [0.1, 0.15) is 10.4 Å². The third kappa shape index (κ3) is 3.70.